The number of rotatable bonds is 4. The first-order valence-corrected chi connectivity index (χ1v) is 17.0. The van der Waals surface area contributed by atoms with Crippen LogP contribution in [0.3, 0.4) is 0 Å². The van der Waals surface area contributed by atoms with Crippen molar-refractivity contribution >= 4 is 117 Å². The van der Waals surface area contributed by atoms with Gasteiger partial charge in [-0.15, -0.1) is 0 Å². The van der Waals surface area contributed by atoms with Crippen LogP contribution in [-0.4, -0.2) is 29.7 Å². The van der Waals surface area contributed by atoms with Crippen molar-refractivity contribution in [3.63, 3.8) is 0 Å². The third-order valence-electron chi connectivity index (χ3n) is 7.61. The summed E-state index contributed by atoms with van der Waals surface area (Å²) in [6.45, 7) is 0. The van der Waals surface area contributed by atoms with Crippen LogP contribution in [0.15, 0.2) is 144 Å². The first-order valence-electron chi connectivity index (χ1n) is 14.6. The van der Waals surface area contributed by atoms with Crippen molar-refractivity contribution in [2.45, 2.75) is 0 Å². The normalized spacial score (nSPS) is 10.8. The van der Waals surface area contributed by atoms with Gasteiger partial charge < -0.3 is 18.9 Å². The predicted molar refractivity (Wildman–Crippen MR) is 203 cm³/mol. The van der Waals surface area contributed by atoms with E-state index in [-0.39, 0.29) is 0 Å². The van der Waals surface area contributed by atoms with Crippen molar-refractivity contribution in [2.24, 2.45) is 0 Å². The Balaban J connectivity index is 0.000000135. The summed E-state index contributed by atoms with van der Waals surface area (Å²) in [7, 11) is -1.45. The van der Waals surface area contributed by atoms with Crippen LogP contribution in [0, 0.1) is 0 Å². The molecule has 236 valence electrons. The molecule has 8 aromatic rings. The molecule has 0 spiro atoms. The Bertz CT molecular complexity index is 2430. The number of furan rings is 2. The van der Waals surface area contributed by atoms with E-state index in [1.165, 1.54) is 0 Å². The van der Waals surface area contributed by atoms with Crippen molar-refractivity contribution in [1.29, 1.82) is 0 Å². The van der Waals surface area contributed by atoms with Gasteiger partial charge >= 0.3 is 7.12 Å². The van der Waals surface area contributed by atoms with Gasteiger partial charge in [-0.25, -0.2) is 0 Å². The van der Waals surface area contributed by atoms with E-state index in [0.29, 0.717) is 16.6 Å². The van der Waals surface area contributed by atoms with Gasteiger partial charge in [0, 0.05) is 46.1 Å². The number of carbonyl (C=O) groups excluding carboxylic acids is 2. The van der Waals surface area contributed by atoms with Crippen LogP contribution in [0.1, 0.15) is 20.7 Å². The zero-order valence-electron chi connectivity index (χ0n) is 24.9. The largest absolute Gasteiger partial charge is 0.488 e. The highest BCUT2D eigenvalue weighted by Crippen LogP contribution is 2.34. The Labute approximate surface area is 300 Å². The summed E-state index contributed by atoms with van der Waals surface area (Å²) in [5, 5.41) is 22.3. The first-order chi connectivity index (χ1) is 23.2. The fourth-order valence-electron chi connectivity index (χ4n) is 5.30. The number of carbonyl (C=O) groups is 2. The predicted octanol–water partition coefficient (Wildman–Crippen LogP) is 10.1. The molecule has 8 rings (SSSR count). The molecule has 0 atom stereocenters. The fraction of sp³-hybridized carbons (Fsp3) is 0. The number of aldehydes is 2. The van der Waals surface area contributed by atoms with Gasteiger partial charge in [0.15, 0.2) is 12.6 Å². The Morgan fingerprint density at radius 3 is 1.62 bits per heavy atom. The van der Waals surface area contributed by atoms with Gasteiger partial charge in [0.05, 0.1) is 0 Å². The maximum Gasteiger partial charge on any atom is 0.488 e. The van der Waals surface area contributed by atoms with E-state index in [1.54, 1.807) is 24.3 Å². The molecule has 0 aliphatic carbocycles. The highest BCUT2D eigenvalue weighted by Gasteiger charge is 2.14. The highest BCUT2D eigenvalue weighted by atomic mass is 79.9. The smallest absolute Gasteiger partial charge is 0.456 e. The van der Waals surface area contributed by atoms with Crippen molar-refractivity contribution < 1.29 is 28.5 Å². The van der Waals surface area contributed by atoms with Crippen LogP contribution >= 0.6 is 47.8 Å². The minimum absolute atomic E-state index is 0.471. The third-order valence-corrected chi connectivity index (χ3v) is 9.32. The monoisotopic (exact) mass is 824 g/mol. The van der Waals surface area contributed by atoms with Crippen LogP contribution in [0.4, 0.5) is 0 Å². The van der Waals surface area contributed by atoms with Crippen molar-refractivity contribution in [1.82, 2.24) is 0 Å². The van der Waals surface area contributed by atoms with E-state index in [9.17, 15) is 9.59 Å². The maximum absolute atomic E-state index is 11.3. The Kier molecular flexibility index (Phi) is 10.4. The average Bonchev–Trinajstić information content (AvgIpc) is 3.67. The summed E-state index contributed by atoms with van der Waals surface area (Å²) in [6, 6.07) is 38.0. The molecular weight excluding hydrogens is 803 g/mol. The molecule has 0 unspecified atom stereocenters. The molecule has 0 bridgehead atoms. The van der Waals surface area contributed by atoms with E-state index < -0.39 is 7.12 Å². The molecular formula is C38H24BBr3O6. The SMILES string of the molecule is O=Cc1cc(Br)ccc1-c1ccc2oc3ccccc3c2c1.O=Cc1cc(Br)ccc1Br.OB(O)c1ccc2oc3ccccc3c2c1. The summed E-state index contributed by atoms with van der Waals surface area (Å²) < 4.78 is 14.1. The molecule has 0 radical (unpaired) electrons. The highest BCUT2D eigenvalue weighted by molar-refractivity contribution is 9.11. The maximum atomic E-state index is 11.3. The van der Waals surface area contributed by atoms with Gasteiger partial charge in [-0.3, -0.25) is 9.59 Å². The lowest BCUT2D eigenvalue weighted by Crippen LogP contribution is -2.29. The van der Waals surface area contributed by atoms with Crippen LogP contribution in [0.2, 0.25) is 0 Å². The molecule has 2 heterocycles. The van der Waals surface area contributed by atoms with Gasteiger partial charge in [0.2, 0.25) is 0 Å². The Morgan fingerprint density at radius 2 is 1.04 bits per heavy atom. The Hall–Kier alpha value is -4.32. The van der Waals surface area contributed by atoms with E-state index in [2.05, 4.69) is 53.9 Å². The quantitative estimate of drug-likeness (QED) is 0.135. The summed E-state index contributed by atoms with van der Waals surface area (Å²) in [5.41, 5.74) is 7.03. The van der Waals surface area contributed by atoms with Gasteiger partial charge in [0.1, 0.15) is 22.3 Å². The standard InChI is InChI=1S/C19H11BrO2.C12H9BO3.C7H4Br2O/c20-14-6-7-15(13(9-14)11-21)12-5-8-19-17(10-12)16-3-1-2-4-18(16)22-19;14-13(15)8-5-6-12-10(7-8)9-3-1-2-4-11(9)16-12;8-6-1-2-7(9)5(3-6)4-10/h1-11H;1-7,14-15H;1-4H. The molecule has 48 heavy (non-hydrogen) atoms. The number of para-hydroxylation sites is 2. The molecule has 2 aromatic heterocycles. The second-order valence-electron chi connectivity index (χ2n) is 10.7. The van der Waals surface area contributed by atoms with Crippen molar-refractivity contribution in [3.8, 4) is 11.1 Å². The summed E-state index contributed by atoms with van der Waals surface area (Å²) in [5.74, 6) is 0. The topological polar surface area (TPSA) is 101 Å². The van der Waals surface area contributed by atoms with Crippen LogP contribution in [-0.2, 0) is 0 Å². The van der Waals surface area contributed by atoms with E-state index in [4.69, 9.17) is 18.9 Å². The molecule has 10 heteroatoms. The number of hydrogen-bond donors (Lipinski definition) is 2. The summed E-state index contributed by atoms with van der Waals surface area (Å²) in [4.78, 5) is 21.7. The van der Waals surface area contributed by atoms with Crippen LogP contribution < -0.4 is 5.46 Å². The van der Waals surface area contributed by atoms with Crippen molar-refractivity contribution in [2.75, 3.05) is 0 Å². The minimum atomic E-state index is -1.45. The van der Waals surface area contributed by atoms with Gasteiger partial charge in [-0.05, 0) is 77.3 Å². The van der Waals surface area contributed by atoms with Crippen molar-refractivity contribution in [3.05, 3.63) is 146 Å². The molecule has 6 nitrogen and oxygen atoms in total. The molecule has 0 aliphatic heterocycles. The van der Waals surface area contributed by atoms with Gasteiger partial charge in [0.25, 0.3) is 0 Å². The van der Waals surface area contributed by atoms with E-state index >= 15 is 0 Å². The third kappa shape index (κ3) is 7.23. The molecule has 0 amide bonds. The van der Waals surface area contributed by atoms with E-state index in [1.807, 2.05) is 91.0 Å². The molecule has 2 N–H and O–H groups in total. The average molecular weight is 827 g/mol. The molecule has 0 aliphatic rings. The zero-order chi connectivity index (χ0) is 33.8. The Morgan fingerprint density at radius 1 is 0.521 bits per heavy atom. The summed E-state index contributed by atoms with van der Waals surface area (Å²) >= 11 is 9.90. The minimum Gasteiger partial charge on any atom is -0.456 e. The first kappa shape index (κ1) is 33.6. The second-order valence-corrected chi connectivity index (χ2v) is 13.4. The molecule has 0 fully saturated rings. The number of hydrogen-bond acceptors (Lipinski definition) is 6. The van der Waals surface area contributed by atoms with Gasteiger partial charge in [-0.1, -0.05) is 108 Å². The molecule has 0 saturated heterocycles. The lowest BCUT2D eigenvalue weighted by atomic mass is 9.80. The van der Waals surface area contributed by atoms with Gasteiger partial charge in [-0.2, -0.15) is 0 Å². The zero-order valence-corrected chi connectivity index (χ0v) is 29.7. The number of halogens is 3. The van der Waals surface area contributed by atoms with Crippen LogP contribution in [0.25, 0.3) is 55.0 Å². The lowest BCUT2D eigenvalue weighted by Gasteiger charge is -2.06. The van der Waals surface area contributed by atoms with Crippen LogP contribution in [0.5, 0.6) is 0 Å². The fourth-order valence-corrected chi connectivity index (χ4v) is 6.39. The number of fused-ring (bicyclic) bond motifs is 6. The number of benzene rings is 6. The lowest BCUT2D eigenvalue weighted by molar-refractivity contribution is 0.111. The molecule has 0 saturated carbocycles. The second kappa shape index (κ2) is 14.8. The van der Waals surface area contributed by atoms with E-state index in [0.717, 1.165) is 81.0 Å². The summed E-state index contributed by atoms with van der Waals surface area (Å²) in [6.07, 6.45) is 1.70. The molecule has 6 aromatic carbocycles.